The molecule has 0 aromatic carbocycles. The van der Waals surface area contributed by atoms with E-state index in [1.807, 2.05) is 0 Å². The molecule has 0 unspecified atom stereocenters. The molecule has 3 N–H and O–H groups in total. The van der Waals surface area contributed by atoms with Crippen LogP contribution in [0.5, 0.6) is 0 Å². The van der Waals surface area contributed by atoms with Crippen molar-refractivity contribution in [1.29, 1.82) is 0 Å². The van der Waals surface area contributed by atoms with Crippen LogP contribution in [0.1, 0.15) is 0 Å². The fourth-order valence-corrected chi connectivity index (χ4v) is 0.144. The van der Waals surface area contributed by atoms with Crippen molar-refractivity contribution < 1.29 is 0 Å². The lowest BCUT2D eigenvalue weighted by atomic mass is 10.7. The second-order valence-electron chi connectivity index (χ2n) is 0.855. The SMILES string of the molecule is C=NNCCN. The fraction of sp³-hybridized carbons (Fsp3) is 0.667. The average molecular weight is 87.1 g/mol. The summed E-state index contributed by atoms with van der Waals surface area (Å²) in [5.41, 5.74) is 7.65. The van der Waals surface area contributed by atoms with Gasteiger partial charge < -0.3 is 11.2 Å². The van der Waals surface area contributed by atoms with Crippen LogP contribution >= 0.6 is 0 Å². The Labute approximate surface area is 37.2 Å². The Hall–Kier alpha value is -0.570. The highest BCUT2D eigenvalue weighted by molar-refractivity contribution is 5.22. The first-order chi connectivity index (χ1) is 2.91. The molecule has 0 aromatic heterocycles. The molecule has 0 aromatic rings. The van der Waals surface area contributed by atoms with E-state index in [0.717, 1.165) is 0 Å². The van der Waals surface area contributed by atoms with E-state index in [2.05, 4.69) is 17.2 Å². The zero-order chi connectivity index (χ0) is 4.83. The molecule has 0 fully saturated rings. The lowest BCUT2D eigenvalue weighted by molar-refractivity contribution is 0.746. The molecule has 0 heterocycles. The Kier molecular flexibility index (Phi) is 4.01. The Balaban J connectivity index is 2.49. The van der Waals surface area contributed by atoms with Crippen LogP contribution in [0.25, 0.3) is 0 Å². The van der Waals surface area contributed by atoms with Gasteiger partial charge in [0.15, 0.2) is 0 Å². The zero-order valence-corrected chi connectivity index (χ0v) is 3.65. The van der Waals surface area contributed by atoms with Crippen LogP contribution in [0.4, 0.5) is 0 Å². The van der Waals surface area contributed by atoms with Crippen LogP contribution in [0.2, 0.25) is 0 Å². The highest BCUT2D eigenvalue weighted by atomic mass is 15.3. The minimum Gasteiger partial charge on any atom is -0.329 e. The number of nitrogens with two attached hydrogens (primary N) is 1. The van der Waals surface area contributed by atoms with Crippen molar-refractivity contribution in [3.05, 3.63) is 0 Å². The molecule has 0 aliphatic heterocycles. The smallest absolute Gasteiger partial charge is 0.0452 e. The number of hydrazone groups is 1. The molecule has 36 valence electrons. The molecular weight excluding hydrogens is 78.1 g/mol. The van der Waals surface area contributed by atoms with Crippen molar-refractivity contribution in [1.82, 2.24) is 5.43 Å². The van der Waals surface area contributed by atoms with Crippen LogP contribution < -0.4 is 11.2 Å². The van der Waals surface area contributed by atoms with Crippen LogP contribution in [0.15, 0.2) is 5.10 Å². The first-order valence-corrected chi connectivity index (χ1v) is 1.80. The maximum atomic E-state index is 5.06. The third kappa shape index (κ3) is 3.43. The molecule has 0 saturated heterocycles. The van der Waals surface area contributed by atoms with Gasteiger partial charge in [-0.05, 0) is 0 Å². The highest BCUT2D eigenvalue weighted by Gasteiger charge is 1.67. The molecule has 0 rings (SSSR count). The molecule has 6 heavy (non-hydrogen) atoms. The molecule has 0 aliphatic carbocycles. The Morgan fingerprint density at radius 2 is 2.50 bits per heavy atom. The molecule has 3 heteroatoms. The first-order valence-electron chi connectivity index (χ1n) is 1.80. The minimum atomic E-state index is 0.610. The number of nitrogens with one attached hydrogen (secondary N) is 1. The van der Waals surface area contributed by atoms with Gasteiger partial charge in [-0.2, -0.15) is 5.10 Å². The fourth-order valence-electron chi connectivity index (χ4n) is 0.144. The molecular formula is C3H9N3. The maximum Gasteiger partial charge on any atom is 0.0452 e. The Morgan fingerprint density at radius 1 is 1.83 bits per heavy atom. The highest BCUT2D eigenvalue weighted by Crippen LogP contribution is 1.46. The van der Waals surface area contributed by atoms with Crippen LogP contribution in [-0.2, 0) is 0 Å². The lowest BCUT2D eigenvalue weighted by Crippen LogP contribution is -2.16. The summed E-state index contributed by atoms with van der Waals surface area (Å²) in [7, 11) is 0. The van der Waals surface area contributed by atoms with Gasteiger partial charge in [0, 0.05) is 19.8 Å². The summed E-state index contributed by atoms with van der Waals surface area (Å²) >= 11 is 0. The van der Waals surface area contributed by atoms with Crippen molar-refractivity contribution >= 4 is 6.72 Å². The number of rotatable bonds is 3. The summed E-state index contributed by atoms with van der Waals surface area (Å²) < 4.78 is 0. The number of hydrogen-bond donors (Lipinski definition) is 2. The molecule has 0 aliphatic rings. The molecule has 0 spiro atoms. The topological polar surface area (TPSA) is 50.4 Å². The summed E-state index contributed by atoms with van der Waals surface area (Å²) in [5, 5.41) is 3.35. The molecule has 0 saturated carbocycles. The summed E-state index contributed by atoms with van der Waals surface area (Å²) in [6.45, 7) is 4.50. The summed E-state index contributed by atoms with van der Waals surface area (Å²) in [4.78, 5) is 0. The van der Waals surface area contributed by atoms with Gasteiger partial charge in [-0.15, -0.1) is 0 Å². The second kappa shape index (κ2) is 4.43. The standard InChI is InChI=1S/C3H9N3/c1-5-6-3-2-4/h6H,1-4H2. The molecule has 3 nitrogen and oxygen atoms in total. The molecule has 0 radical (unpaired) electrons. The van der Waals surface area contributed by atoms with Crippen molar-refractivity contribution in [3.63, 3.8) is 0 Å². The maximum absolute atomic E-state index is 5.06. The van der Waals surface area contributed by atoms with Gasteiger partial charge in [0.1, 0.15) is 0 Å². The van der Waals surface area contributed by atoms with E-state index < -0.39 is 0 Å². The van der Waals surface area contributed by atoms with Crippen LogP contribution in [-0.4, -0.2) is 19.8 Å². The van der Waals surface area contributed by atoms with Crippen molar-refractivity contribution in [2.75, 3.05) is 13.1 Å². The molecule has 0 amide bonds. The van der Waals surface area contributed by atoms with Gasteiger partial charge in [-0.25, -0.2) is 0 Å². The van der Waals surface area contributed by atoms with Gasteiger partial charge in [0.05, 0.1) is 0 Å². The quantitative estimate of drug-likeness (QED) is 0.267. The van der Waals surface area contributed by atoms with Crippen molar-refractivity contribution in [2.45, 2.75) is 0 Å². The van der Waals surface area contributed by atoms with Crippen molar-refractivity contribution in [2.24, 2.45) is 10.8 Å². The van der Waals surface area contributed by atoms with Crippen molar-refractivity contribution in [3.8, 4) is 0 Å². The van der Waals surface area contributed by atoms with E-state index in [9.17, 15) is 0 Å². The minimum absolute atomic E-state index is 0.610. The summed E-state index contributed by atoms with van der Waals surface area (Å²) in [6, 6.07) is 0. The van der Waals surface area contributed by atoms with E-state index in [1.54, 1.807) is 0 Å². The molecule has 0 atom stereocenters. The Morgan fingerprint density at radius 3 is 2.67 bits per heavy atom. The number of nitrogens with zero attached hydrogens (tertiary/aromatic N) is 1. The average Bonchev–Trinajstić information content (AvgIpc) is 1.61. The first kappa shape index (κ1) is 5.43. The van der Waals surface area contributed by atoms with E-state index in [4.69, 9.17) is 5.73 Å². The van der Waals surface area contributed by atoms with Gasteiger partial charge in [-0.1, -0.05) is 0 Å². The third-order valence-corrected chi connectivity index (χ3v) is 0.368. The lowest BCUT2D eigenvalue weighted by Gasteiger charge is -1.89. The van der Waals surface area contributed by atoms with Gasteiger partial charge in [0.25, 0.3) is 0 Å². The normalized spacial score (nSPS) is 7.50. The van der Waals surface area contributed by atoms with E-state index in [0.29, 0.717) is 13.1 Å². The second-order valence-corrected chi connectivity index (χ2v) is 0.855. The van der Waals surface area contributed by atoms with E-state index >= 15 is 0 Å². The summed E-state index contributed by atoms with van der Waals surface area (Å²) in [5.74, 6) is 0. The van der Waals surface area contributed by atoms with Crippen LogP contribution in [0, 0.1) is 0 Å². The predicted octanol–water partition coefficient (Wildman–Crippen LogP) is -0.850. The number of hydrogen-bond acceptors (Lipinski definition) is 3. The van der Waals surface area contributed by atoms with Gasteiger partial charge in [0.2, 0.25) is 0 Å². The van der Waals surface area contributed by atoms with E-state index in [-0.39, 0.29) is 0 Å². The zero-order valence-electron chi connectivity index (χ0n) is 3.65. The van der Waals surface area contributed by atoms with E-state index in [1.165, 1.54) is 0 Å². The monoisotopic (exact) mass is 87.1 g/mol. The van der Waals surface area contributed by atoms with Gasteiger partial charge >= 0.3 is 0 Å². The summed E-state index contributed by atoms with van der Waals surface area (Å²) in [6.07, 6.45) is 0. The predicted molar refractivity (Wildman–Crippen MR) is 26.6 cm³/mol. The largest absolute Gasteiger partial charge is 0.329 e. The Bertz CT molecular complexity index is 35.0. The van der Waals surface area contributed by atoms with Crippen LogP contribution in [0.3, 0.4) is 0 Å². The molecule has 0 bridgehead atoms. The third-order valence-electron chi connectivity index (χ3n) is 0.368. The van der Waals surface area contributed by atoms with Gasteiger partial charge in [-0.3, -0.25) is 0 Å².